The van der Waals surface area contributed by atoms with Crippen LogP contribution in [0.4, 0.5) is 0 Å². The fourth-order valence-electron chi connectivity index (χ4n) is 4.19. The van der Waals surface area contributed by atoms with E-state index < -0.39 is 0 Å². The molecule has 0 radical (unpaired) electrons. The van der Waals surface area contributed by atoms with E-state index in [2.05, 4.69) is 18.7 Å². The number of unbranched alkanes of at least 4 members (excludes halogenated alkanes) is 14. The van der Waals surface area contributed by atoms with Gasteiger partial charge in [-0.05, 0) is 43.6 Å². The summed E-state index contributed by atoms with van der Waals surface area (Å²) in [7, 11) is 0. The summed E-state index contributed by atoms with van der Waals surface area (Å²) in [6, 6.07) is 0. The van der Waals surface area contributed by atoms with E-state index in [-0.39, 0.29) is 11.8 Å². The van der Waals surface area contributed by atoms with E-state index >= 15 is 0 Å². The van der Waals surface area contributed by atoms with Crippen LogP contribution >= 0.6 is 11.8 Å². The van der Waals surface area contributed by atoms with Crippen molar-refractivity contribution < 1.29 is 9.59 Å². The molecular formula is C26H49NO2S. The van der Waals surface area contributed by atoms with Crippen LogP contribution in [0, 0.1) is 0 Å². The van der Waals surface area contributed by atoms with Crippen LogP contribution in [0.5, 0.6) is 0 Å². The maximum atomic E-state index is 12.0. The summed E-state index contributed by atoms with van der Waals surface area (Å²) in [6.45, 7) is 2.93. The molecule has 0 aromatic carbocycles. The van der Waals surface area contributed by atoms with Gasteiger partial charge in [0.15, 0.2) is 0 Å². The Hall–Kier alpha value is -0.510. The van der Waals surface area contributed by atoms with E-state index in [0.717, 1.165) is 25.7 Å². The molecule has 1 heterocycles. The van der Waals surface area contributed by atoms with E-state index in [1.807, 2.05) is 0 Å². The quantitative estimate of drug-likeness (QED) is 0.143. The molecule has 0 spiro atoms. The Labute approximate surface area is 191 Å². The smallest absolute Gasteiger partial charge is 0.229 e. The van der Waals surface area contributed by atoms with Crippen molar-refractivity contribution in [3.63, 3.8) is 0 Å². The molecule has 0 saturated carbocycles. The summed E-state index contributed by atoms with van der Waals surface area (Å²) >= 11 is 2.16. The molecule has 4 heteroatoms. The number of likely N-dealkylation sites (tertiary alicyclic amines) is 1. The van der Waals surface area contributed by atoms with Gasteiger partial charge in [0, 0.05) is 19.4 Å². The maximum absolute atomic E-state index is 12.0. The van der Waals surface area contributed by atoms with E-state index in [1.165, 1.54) is 106 Å². The van der Waals surface area contributed by atoms with Gasteiger partial charge in [0.25, 0.3) is 0 Å². The predicted molar refractivity (Wildman–Crippen MR) is 132 cm³/mol. The molecule has 1 fully saturated rings. The minimum Gasteiger partial charge on any atom is -0.283 e. The second-order valence-corrected chi connectivity index (χ2v) is 10.3. The van der Waals surface area contributed by atoms with E-state index in [4.69, 9.17) is 0 Å². The lowest BCUT2D eigenvalue weighted by atomic mass is 10.1. The first-order valence-corrected chi connectivity index (χ1v) is 14.3. The average Bonchev–Trinajstić information content (AvgIpc) is 2.90. The highest BCUT2D eigenvalue weighted by atomic mass is 32.2. The number of amides is 2. The molecule has 0 N–H and O–H groups in total. The zero-order valence-electron chi connectivity index (χ0n) is 19.9. The van der Waals surface area contributed by atoms with Gasteiger partial charge in [-0.1, -0.05) is 90.4 Å². The number of carbonyl (C=O) groups excluding carboxylic acids is 2. The first-order valence-electron chi connectivity index (χ1n) is 13.2. The van der Waals surface area contributed by atoms with Gasteiger partial charge in [-0.15, -0.1) is 0 Å². The number of thioether (sulfide) groups is 1. The predicted octanol–water partition coefficient (Wildman–Crippen LogP) is 7.91. The van der Waals surface area contributed by atoms with Crippen molar-refractivity contribution in [3.05, 3.63) is 0 Å². The molecule has 0 aromatic heterocycles. The molecule has 1 rings (SSSR count). The van der Waals surface area contributed by atoms with Crippen LogP contribution in [0.25, 0.3) is 0 Å². The second kappa shape index (κ2) is 20.4. The molecule has 176 valence electrons. The molecule has 0 unspecified atom stereocenters. The summed E-state index contributed by atoms with van der Waals surface area (Å²) in [5.74, 6) is 2.81. The van der Waals surface area contributed by atoms with Gasteiger partial charge in [-0.3, -0.25) is 14.5 Å². The van der Waals surface area contributed by atoms with Crippen molar-refractivity contribution in [3.8, 4) is 0 Å². The number of hydrogen-bond donors (Lipinski definition) is 0. The molecule has 0 atom stereocenters. The van der Waals surface area contributed by atoms with Crippen molar-refractivity contribution in [2.75, 3.05) is 18.1 Å². The number of hydrogen-bond acceptors (Lipinski definition) is 3. The normalized spacial score (nSPS) is 15.0. The Kier molecular flexibility index (Phi) is 18.7. The minimum absolute atomic E-state index is 0.0535. The van der Waals surface area contributed by atoms with Crippen molar-refractivity contribution >= 4 is 23.6 Å². The molecule has 1 saturated heterocycles. The lowest BCUT2D eigenvalue weighted by molar-refractivity contribution is -0.143. The molecule has 1 aliphatic heterocycles. The van der Waals surface area contributed by atoms with Crippen LogP contribution in [0.1, 0.15) is 135 Å². The van der Waals surface area contributed by atoms with Crippen LogP contribution < -0.4 is 0 Å². The van der Waals surface area contributed by atoms with Crippen molar-refractivity contribution in [1.82, 2.24) is 4.90 Å². The maximum Gasteiger partial charge on any atom is 0.229 e. The zero-order chi connectivity index (χ0) is 21.7. The van der Waals surface area contributed by atoms with Crippen LogP contribution in [0.2, 0.25) is 0 Å². The number of rotatable bonds is 20. The second-order valence-electron chi connectivity index (χ2n) is 9.06. The summed E-state index contributed by atoms with van der Waals surface area (Å²) in [6.07, 6.45) is 24.3. The molecule has 2 amide bonds. The highest BCUT2D eigenvalue weighted by Gasteiger charge is 2.22. The highest BCUT2D eigenvalue weighted by molar-refractivity contribution is 7.99. The minimum atomic E-state index is 0.0535. The summed E-state index contributed by atoms with van der Waals surface area (Å²) < 4.78 is 0. The zero-order valence-corrected chi connectivity index (χ0v) is 20.8. The van der Waals surface area contributed by atoms with Crippen molar-refractivity contribution in [1.29, 1.82) is 0 Å². The van der Waals surface area contributed by atoms with E-state index in [1.54, 1.807) is 0 Å². The summed E-state index contributed by atoms with van der Waals surface area (Å²) in [4.78, 5) is 25.4. The molecule has 0 aliphatic carbocycles. The van der Waals surface area contributed by atoms with Gasteiger partial charge in [0.05, 0.1) is 0 Å². The average molecular weight is 440 g/mol. The Morgan fingerprint density at radius 1 is 0.600 bits per heavy atom. The lowest BCUT2D eigenvalue weighted by Gasteiger charge is -2.18. The fraction of sp³-hybridized carbons (Fsp3) is 0.923. The summed E-state index contributed by atoms with van der Waals surface area (Å²) in [5, 5.41) is 0. The van der Waals surface area contributed by atoms with Crippen LogP contribution in [0.3, 0.4) is 0 Å². The number of carbonyl (C=O) groups is 2. The number of imide groups is 1. The largest absolute Gasteiger partial charge is 0.283 e. The monoisotopic (exact) mass is 439 g/mol. The molecule has 30 heavy (non-hydrogen) atoms. The lowest BCUT2D eigenvalue weighted by Crippen LogP contribution is -2.35. The van der Waals surface area contributed by atoms with Crippen molar-refractivity contribution in [2.24, 2.45) is 0 Å². The van der Waals surface area contributed by atoms with Gasteiger partial charge in [0.2, 0.25) is 11.8 Å². The van der Waals surface area contributed by atoms with E-state index in [9.17, 15) is 9.59 Å². The molecular weight excluding hydrogens is 390 g/mol. The Balaban J connectivity index is 1.76. The molecule has 0 bridgehead atoms. The van der Waals surface area contributed by atoms with Gasteiger partial charge in [0.1, 0.15) is 0 Å². The van der Waals surface area contributed by atoms with Gasteiger partial charge in [-0.2, -0.15) is 11.8 Å². The molecule has 1 aliphatic rings. The first-order chi connectivity index (χ1) is 14.8. The summed E-state index contributed by atoms with van der Waals surface area (Å²) in [5.41, 5.74) is 0. The third kappa shape index (κ3) is 15.3. The highest BCUT2D eigenvalue weighted by Crippen LogP contribution is 2.16. The topological polar surface area (TPSA) is 37.4 Å². The first kappa shape index (κ1) is 27.5. The Bertz CT molecular complexity index is 409. The van der Waals surface area contributed by atoms with Crippen LogP contribution in [-0.2, 0) is 9.59 Å². The van der Waals surface area contributed by atoms with Crippen LogP contribution in [-0.4, -0.2) is 34.8 Å². The van der Waals surface area contributed by atoms with Gasteiger partial charge in [-0.25, -0.2) is 0 Å². The SMILES string of the molecule is CCCCCCCCCCSCCCCCCCCCCN1C(=O)CCCCC1=O. The standard InChI is InChI=1S/C26H49NO2S/c1-2-3-4-5-6-10-13-18-23-30-24-19-14-11-8-7-9-12-17-22-27-25(28)20-15-16-21-26(27)29/h2-24H2,1H3. The fourth-order valence-corrected chi connectivity index (χ4v) is 5.21. The Morgan fingerprint density at radius 3 is 1.47 bits per heavy atom. The third-order valence-corrected chi connectivity index (χ3v) is 7.35. The van der Waals surface area contributed by atoms with Crippen molar-refractivity contribution in [2.45, 2.75) is 135 Å². The third-order valence-electron chi connectivity index (χ3n) is 6.20. The van der Waals surface area contributed by atoms with Gasteiger partial charge >= 0.3 is 0 Å². The number of nitrogens with zero attached hydrogens (tertiary/aromatic N) is 1. The van der Waals surface area contributed by atoms with E-state index in [0.29, 0.717) is 19.4 Å². The van der Waals surface area contributed by atoms with Gasteiger partial charge < -0.3 is 0 Å². The Morgan fingerprint density at radius 2 is 1.00 bits per heavy atom. The molecule has 0 aromatic rings. The van der Waals surface area contributed by atoms with Crippen LogP contribution in [0.15, 0.2) is 0 Å². The molecule has 3 nitrogen and oxygen atoms in total.